The number of amides is 1. The maximum absolute atomic E-state index is 12.5. The molecule has 0 aliphatic heterocycles. The Bertz CT molecular complexity index is 1330. The molecule has 7 nitrogen and oxygen atoms in total. The third kappa shape index (κ3) is 4.73. The molecule has 4 rings (SSSR count). The molecular weight excluding hydrogens is 450 g/mol. The lowest BCUT2D eigenvalue weighted by Gasteiger charge is -2.28. The van der Waals surface area contributed by atoms with Crippen LogP contribution in [0.25, 0.3) is 10.8 Å². The highest BCUT2D eigenvalue weighted by Gasteiger charge is 2.17. The summed E-state index contributed by atoms with van der Waals surface area (Å²) in [6.45, 7) is 0. The number of nitrogens with zero attached hydrogens (tertiary/aromatic N) is 3. The Labute approximate surface area is 201 Å². The summed E-state index contributed by atoms with van der Waals surface area (Å²) in [5.41, 5.74) is 2.64. The van der Waals surface area contributed by atoms with Gasteiger partial charge in [0.05, 0.1) is 22.6 Å². The Kier molecular flexibility index (Phi) is 6.81. The van der Waals surface area contributed by atoms with Crippen LogP contribution in [0.4, 0.5) is 27.5 Å². The lowest BCUT2D eigenvalue weighted by molar-refractivity contribution is 0.209. The summed E-state index contributed by atoms with van der Waals surface area (Å²) in [5.74, 6) is 0.306. The predicted octanol–water partition coefficient (Wildman–Crippen LogP) is 5.47. The van der Waals surface area contributed by atoms with Crippen molar-refractivity contribution in [1.82, 2.24) is 0 Å². The van der Waals surface area contributed by atoms with Gasteiger partial charge in [-0.3, -0.25) is 13.4 Å². The standard InChI is InChI=1S/C26H25N3O4S/c1-27(2)24-13-7-12-23-22(24)11-8-14-25(23)29(34(31)32)20-15-17-21(18-16-20)33-26(30)28(3)19-9-5-4-6-10-19/h4-18H,1-3H3,(H,31,32)/p-1. The molecule has 1 amide bonds. The first-order valence-corrected chi connectivity index (χ1v) is 11.6. The van der Waals surface area contributed by atoms with Crippen LogP contribution in [0.3, 0.4) is 0 Å². The maximum Gasteiger partial charge on any atom is 0.419 e. The molecule has 1 atom stereocenters. The molecule has 0 heterocycles. The minimum Gasteiger partial charge on any atom is -0.755 e. The van der Waals surface area contributed by atoms with Gasteiger partial charge in [-0.1, -0.05) is 42.5 Å². The first-order valence-electron chi connectivity index (χ1n) is 10.6. The topological polar surface area (TPSA) is 76.2 Å². The number of carbonyl (C=O) groups excluding carboxylic acids is 1. The first kappa shape index (κ1) is 23.3. The van der Waals surface area contributed by atoms with E-state index in [1.807, 2.05) is 67.5 Å². The van der Waals surface area contributed by atoms with Crippen LogP contribution in [0, 0.1) is 0 Å². The van der Waals surface area contributed by atoms with Crippen LogP contribution in [0.15, 0.2) is 91.0 Å². The van der Waals surface area contributed by atoms with Crippen molar-refractivity contribution < 1.29 is 18.3 Å². The van der Waals surface area contributed by atoms with E-state index in [1.165, 1.54) is 9.21 Å². The monoisotopic (exact) mass is 474 g/mol. The van der Waals surface area contributed by atoms with Crippen LogP contribution in [0.5, 0.6) is 5.75 Å². The second-order valence-electron chi connectivity index (χ2n) is 7.81. The summed E-state index contributed by atoms with van der Waals surface area (Å²) < 4.78 is 31.3. The maximum atomic E-state index is 12.5. The SMILES string of the molecule is CN(C)c1cccc2c(N(c3ccc(OC(=O)N(C)c4ccccc4)cc3)S(=O)[O-])cccc12. The number of fused-ring (bicyclic) bond motifs is 1. The molecule has 0 spiro atoms. The molecule has 0 N–H and O–H groups in total. The molecule has 174 valence electrons. The average Bonchev–Trinajstić information content (AvgIpc) is 2.84. The summed E-state index contributed by atoms with van der Waals surface area (Å²) in [7, 11) is 5.51. The predicted molar refractivity (Wildman–Crippen MR) is 137 cm³/mol. The molecule has 0 saturated carbocycles. The van der Waals surface area contributed by atoms with E-state index in [1.54, 1.807) is 49.5 Å². The van der Waals surface area contributed by atoms with Gasteiger partial charge in [-0.15, -0.1) is 0 Å². The minimum absolute atomic E-state index is 0.306. The molecule has 34 heavy (non-hydrogen) atoms. The van der Waals surface area contributed by atoms with E-state index in [2.05, 4.69) is 0 Å². The highest BCUT2D eigenvalue weighted by Crippen LogP contribution is 2.37. The van der Waals surface area contributed by atoms with Crippen molar-refractivity contribution in [2.75, 3.05) is 35.2 Å². The molecule has 4 aromatic rings. The Morgan fingerprint density at radius 3 is 1.91 bits per heavy atom. The lowest BCUT2D eigenvalue weighted by atomic mass is 10.1. The highest BCUT2D eigenvalue weighted by atomic mass is 32.2. The molecule has 0 fully saturated rings. The van der Waals surface area contributed by atoms with Crippen LogP contribution in [-0.4, -0.2) is 36.0 Å². The number of benzene rings is 4. The van der Waals surface area contributed by atoms with Crippen LogP contribution in [0.1, 0.15) is 0 Å². The lowest BCUT2D eigenvalue weighted by Crippen LogP contribution is -2.29. The summed E-state index contributed by atoms with van der Waals surface area (Å²) in [6, 6.07) is 26.8. The normalized spacial score (nSPS) is 11.6. The first-order chi connectivity index (χ1) is 16.4. The van der Waals surface area contributed by atoms with Gasteiger partial charge in [-0.25, -0.2) is 4.79 Å². The number of carbonyl (C=O) groups is 1. The molecule has 0 aliphatic rings. The van der Waals surface area contributed by atoms with Crippen molar-refractivity contribution in [2.45, 2.75) is 0 Å². The van der Waals surface area contributed by atoms with Gasteiger partial charge in [0.2, 0.25) is 0 Å². The average molecular weight is 475 g/mol. The second kappa shape index (κ2) is 9.94. The highest BCUT2D eigenvalue weighted by molar-refractivity contribution is 7.81. The van der Waals surface area contributed by atoms with Crippen molar-refractivity contribution in [3.05, 3.63) is 91.0 Å². The van der Waals surface area contributed by atoms with Gasteiger partial charge in [-0.05, 0) is 48.5 Å². The molecule has 0 saturated heterocycles. The van der Waals surface area contributed by atoms with Crippen molar-refractivity contribution in [2.24, 2.45) is 0 Å². The number of hydrogen-bond acceptors (Lipinski definition) is 5. The fraction of sp³-hybridized carbons (Fsp3) is 0.115. The number of anilines is 4. The van der Waals surface area contributed by atoms with E-state index in [0.717, 1.165) is 16.5 Å². The Morgan fingerprint density at radius 2 is 1.32 bits per heavy atom. The number of ether oxygens (including phenoxy) is 1. The molecule has 0 aliphatic carbocycles. The summed E-state index contributed by atoms with van der Waals surface area (Å²) in [4.78, 5) is 15.9. The molecule has 4 aromatic carbocycles. The van der Waals surface area contributed by atoms with Crippen molar-refractivity contribution in [3.8, 4) is 5.75 Å². The van der Waals surface area contributed by atoms with Crippen LogP contribution in [-0.2, 0) is 11.3 Å². The molecule has 0 aromatic heterocycles. The molecule has 1 unspecified atom stereocenters. The zero-order chi connectivity index (χ0) is 24.2. The van der Waals surface area contributed by atoms with Crippen LogP contribution < -0.4 is 18.8 Å². The quantitative estimate of drug-likeness (QED) is 0.346. The number of rotatable bonds is 6. The molecule has 0 radical (unpaired) electrons. The van der Waals surface area contributed by atoms with Crippen molar-refractivity contribution >= 4 is 50.9 Å². The number of hydrogen-bond donors (Lipinski definition) is 0. The smallest absolute Gasteiger partial charge is 0.419 e. The van der Waals surface area contributed by atoms with Gasteiger partial charge in [0.25, 0.3) is 0 Å². The zero-order valence-electron chi connectivity index (χ0n) is 19.0. The Balaban J connectivity index is 1.63. The van der Waals surface area contributed by atoms with E-state index in [0.29, 0.717) is 22.8 Å². The van der Waals surface area contributed by atoms with Crippen LogP contribution in [0.2, 0.25) is 0 Å². The van der Waals surface area contributed by atoms with E-state index in [-0.39, 0.29) is 0 Å². The minimum atomic E-state index is -2.57. The van der Waals surface area contributed by atoms with Gasteiger partial charge in [0.1, 0.15) is 5.75 Å². The van der Waals surface area contributed by atoms with Crippen molar-refractivity contribution in [1.29, 1.82) is 0 Å². The zero-order valence-corrected chi connectivity index (χ0v) is 19.9. The second-order valence-corrected chi connectivity index (χ2v) is 8.61. The fourth-order valence-electron chi connectivity index (χ4n) is 3.73. The van der Waals surface area contributed by atoms with Crippen molar-refractivity contribution in [3.63, 3.8) is 0 Å². The van der Waals surface area contributed by atoms with Gasteiger partial charge in [0, 0.05) is 43.3 Å². The van der Waals surface area contributed by atoms with E-state index in [4.69, 9.17) is 4.74 Å². The molecule has 0 bridgehead atoms. The van der Waals surface area contributed by atoms with Gasteiger partial charge in [-0.2, -0.15) is 0 Å². The Hall–Kier alpha value is -3.88. The molecular formula is C26H24N3O4S-. The van der Waals surface area contributed by atoms with E-state index in [9.17, 15) is 13.6 Å². The summed E-state index contributed by atoms with van der Waals surface area (Å²) in [5, 5.41) is 1.74. The number of para-hydroxylation sites is 1. The van der Waals surface area contributed by atoms with E-state index < -0.39 is 17.4 Å². The Morgan fingerprint density at radius 1 is 0.735 bits per heavy atom. The van der Waals surface area contributed by atoms with Gasteiger partial charge in [0.15, 0.2) is 0 Å². The van der Waals surface area contributed by atoms with Gasteiger partial charge < -0.3 is 14.2 Å². The van der Waals surface area contributed by atoms with E-state index >= 15 is 0 Å². The van der Waals surface area contributed by atoms with Gasteiger partial charge >= 0.3 is 6.09 Å². The third-order valence-corrected chi connectivity index (χ3v) is 6.13. The third-order valence-electron chi connectivity index (χ3n) is 5.42. The summed E-state index contributed by atoms with van der Waals surface area (Å²) in [6.07, 6.45) is -0.548. The van der Waals surface area contributed by atoms with Crippen LogP contribution >= 0.6 is 0 Å². The molecule has 8 heteroatoms. The fourth-order valence-corrected chi connectivity index (χ4v) is 4.34. The largest absolute Gasteiger partial charge is 0.755 e. The summed E-state index contributed by atoms with van der Waals surface area (Å²) >= 11 is -2.57.